The number of ether oxygens (including phenoxy) is 6. The number of esters is 2. The number of benzene rings is 1. The number of thiazole rings is 1. The Balaban J connectivity index is 0.788. The first-order valence-electron chi connectivity index (χ1n) is 27.7. The van der Waals surface area contributed by atoms with E-state index < -0.39 is 46.9 Å². The van der Waals surface area contributed by atoms with Crippen molar-refractivity contribution in [3.8, 4) is 10.4 Å². The third-order valence-electron chi connectivity index (χ3n) is 15.1. The second kappa shape index (κ2) is 29.4. The Bertz CT molecular complexity index is 2380. The van der Waals surface area contributed by atoms with Gasteiger partial charge in [0.2, 0.25) is 23.6 Å². The Labute approximate surface area is 463 Å². The zero-order valence-corrected chi connectivity index (χ0v) is 47.7. The molecule has 1 aromatic carbocycles. The number of carbonyl (C=O) groups excluding carboxylic acids is 6. The van der Waals surface area contributed by atoms with Crippen LogP contribution in [0.2, 0.25) is 0 Å². The lowest BCUT2D eigenvalue weighted by Crippen LogP contribution is -2.58. The Morgan fingerprint density at radius 3 is 2.19 bits per heavy atom. The zero-order valence-electron chi connectivity index (χ0n) is 46.9. The summed E-state index contributed by atoms with van der Waals surface area (Å²) in [7, 11) is 0. The van der Waals surface area contributed by atoms with Crippen LogP contribution in [-0.2, 0) is 63.7 Å². The normalized spacial score (nSPS) is 24.6. The third-order valence-corrected chi connectivity index (χ3v) is 16.0. The van der Waals surface area contributed by atoms with E-state index in [-0.39, 0.29) is 125 Å². The molecule has 2 saturated heterocycles. The number of fused-ring (bicyclic) bond motifs is 1. The average molecular weight is 1110 g/mol. The van der Waals surface area contributed by atoms with E-state index in [4.69, 9.17) is 28.4 Å². The van der Waals surface area contributed by atoms with Crippen LogP contribution in [0, 0.1) is 41.4 Å². The van der Waals surface area contributed by atoms with Gasteiger partial charge in [-0.05, 0) is 86.3 Å². The van der Waals surface area contributed by atoms with E-state index >= 15 is 0 Å². The van der Waals surface area contributed by atoms with Gasteiger partial charge in [0.1, 0.15) is 30.9 Å². The molecule has 78 heavy (non-hydrogen) atoms. The molecule has 5 N–H and O–H groups in total. The number of carbonyl (C=O) groups is 6. The Hall–Kier alpha value is -5.09. The fraction of sp³-hybridized carbons (Fsp3) is 0.672. The molecule has 0 spiro atoms. The molecule has 3 heterocycles. The summed E-state index contributed by atoms with van der Waals surface area (Å²) in [6.45, 7) is 17.4. The topological polar surface area (TPSA) is 250 Å². The van der Waals surface area contributed by atoms with Crippen molar-refractivity contribution in [2.75, 3.05) is 65.9 Å². The molecular weight excluding hydrogens is 1020 g/mol. The van der Waals surface area contributed by atoms with Crippen molar-refractivity contribution in [3.63, 3.8) is 0 Å². The van der Waals surface area contributed by atoms with Gasteiger partial charge in [-0.25, -0.2) is 4.98 Å². The molecule has 6 rings (SSSR count). The van der Waals surface area contributed by atoms with Crippen LogP contribution in [0.1, 0.15) is 111 Å². The molecule has 10 atom stereocenters. The molecule has 19 nitrogen and oxygen atoms in total. The number of rotatable bonds is 28. The highest BCUT2D eigenvalue weighted by atomic mass is 32.1. The van der Waals surface area contributed by atoms with Gasteiger partial charge >= 0.3 is 11.9 Å². The Morgan fingerprint density at radius 2 is 1.54 bits per heavy atom. The third kappa shape index (κ3) is 18.5. The summed E-state index contributed by atoms with van der Waals surface area (Å²) in [5.41, 5.74) is 4.23. The molecular formula is C58H85N5O14S. The van der Waals surface area contributed by atoms with E-state index in [0.29, 0.717) is 52.0 Å². The first kappa shape index (κ1) is 62.1. The molecule has 2 aliphatic carbocycles. The molecule has 432 valence electrons. The lowest BCUT2D eigenvalue weighted by atomic mass is 9.65. The van der Waals surface area contributed by atoms with Crippen molar-refractivity contribution in [2.24, 2.45) is 34.5 Å². The summed E-state index contributed by atoms with van der Waals surface area (Å²) in [6.07, 6.45) is 7.49. The van der Waals surface area contributed by atoms with Crippen LogP contribution in [-0.4, -0.2) is 158 Å². The molecule has 1 aromatic heterocycles. The number of hydrogen-bond donors (Lipinski definition) is 5. The summed E-state index contributed by atoms with van der Waals surface area (Å²) >= 11 is 1.56. The van der Waals surface area contributed by atoms with Crippen molar-refractivity contribution in [1.82, 2.24) is 25.8 Å². The second-order valence-corrected chi connectivity index (χ2v) is 23.9. The van der Waals surface area contributed by atoms with Crippen LogP contribution in [0.3, 0.4) is 0 Å². The maximum Gasteiger partial charge on any atom is 0.311 e. The van der Waals surface area contributed by atoms with Crippen LogP contribution >= 0.6 is 11.3 Å². The molecule has 20 heteroatoms. The summed E-state index contributed by atoms with van der Waals surface area (Å²) in [4.78, 5) is 85.6. The fourth-order valence-corrected chi connectivity index (χ4v) is 11.4. The smallest absolute Gasteiger partial charge is 0.311 e. The number of cyclic esters (lactones) is 1. The van der Waals surface area contributed by atoms with Crippen LogP contribution in [0.5, 0.6) is 0 Å². The van der Waals surface area contributed by atoms with Gasteiger partial charge in [0.15, 0.2) is 0 Å². The monoisotopic (exact) mass is 1110 g/mol. The van der Waals surface area contributed by atoms with E-state index in [1.54, 1.807) is 16.8 Å². The summed E-state index contributed by atoms with van der Waals surface area (Å²) in [6, 6.07) is 5.95. The van der Waals surface area contributed by atoms with Crippen LogP contribution in [0.15, 0.2) is 53.6 Å². The molecule has 2 aromatic rings. The van der Waals surface area contributed by atoms with Crippen molar-refractivity contribution < 1.29 is 67.4 Å². The lowest BCUT2D eigenvalue weighted by molar-refractivity contribution is -0.166. The Morgan fingerprint density at radius 1 is 0.859 bits per heavy atom. The molecule has 0 bridgehead atoms. The molecule has 2 aliphatic heterocycles. The first-order valence-corrected chi connectivity index (χ1v) is 28.6. The zero-order chi connectivity index (χ0) is 56.6. The van der Waals surface area contributed by atoms with E-state index in [2.05, 4.69) is 53.0 Å². The molecule has 1 unspecified atom stereocenters. The number of nitrogens with one attached hydrogen (secondary N) is 3. The second-order valence-electron chi connectivity index (χ2n) is 23.1. The predicted molar refractivity (Wildman–Crippen MR) is 292 cm³/mol. The highest BCUT2D eigenvalue weighted by Crippen LogP contribution is 2.46. The molecule has 2 fully saturated rings. The maximum atomic E-state index is 14.0. The number of amides is 4. The van der Waals surface area contributed by atoms with Crippen molar-refractivity contribution in [3.05, 3.63) is 64.8 Å². The number of nitrogens with zero attached hydrogens (tertiary/aromatic N) is 2. The van der Waals surface area contributed by atoms with Crippen LogP contribution in [0.25, 0.3) is 10.4 Å². The summed E-state index contributed by atoms with van der Waals surface area (Å²) in [5.74, 6) is -1.62. The number of likely N-dealkylation sites (tertiary alicyclic amines) is 1. The number of aromatic nitrogens is 1. The van der Waals surface area contributed by atoms with Gasteiger partial charge in [-0.3, -0.25) is 28.8 Å². The van der Waals surface area contributed by atoms with Crippen LogP contribution in [0.4, 0.5) is 0 Å². The molecule has 4 aliphatic rings. The van der Waals surface area contributed by atoms with Gasteiger partial charge in [-0.15, -0.1) is 11.3 Å². The van der Waals surface area contributed by atoms with Gasteiger partial charge in [0.25, 0.3) is 0 Å². The summed E-state index contributed by atoms with van der Waals surface area (Å²) < 4.78 is 34.2. The quantitative estimate of drug-likeness (QED) is 0.0530. The summed E-state index contributed by atoms with van der Waals surface area (Å²) in [5, 5.41) is 29.2. The van der Waals surface area contributed by atoms with Gasteiger partial charge in [-0.1, -0.05) is 77.1 Å². The number of β-amino-alcohol motifs (C(OH)–C–C–N with tert-alkyl or cyclic N) is 1. The highest BCUT2D eigenvalue weighted by Gasteiger charge is 2.46. The number of aliphatic hydroxyl groups is 2. The van der Waals surface area contributed by atoms with Gasteiger partial charge in [0, 0.05) is 44.8 Å². The van der Waals surface area contributed by atoms with E-state index in [0.717, 1.165) is 33.7 Å². The minimum atomic E-state index is -0.985. The van der Waals surface area contributed by atoms with E-state index in [1.807, 2.05) is 65.8 Å². The average Bonchev–Trinajstić information content (AvgIpc) is 4.11. The van der Waals surface area contributed by atoms with E-state index in [9.17, 15) is 39.0 Å². The van der Waals surface area contributed by atoms with Gasteiger partial charge < -0.3 is 59.5 Å². The maximum absolute atomic E-state index is 14.0. The number of aliphatic hydroxyl groups excluding tert-OH is 2. The molecule has 0 radical (unpaired) electrons. The minimum absolute atomic E-state index is 0.00159. The highest BCUT2D eigenvalue weighted by molar-refractivity contribution is 7.13. The van der Waals surface area contributed by atoms with Crippen molar-refractivity contribution in [2.45, 2.75) is 150 Å². The predicted octanol–water partition coefficient (Wildman–Crippen LogP) is 5.38. The molecule has 4 amide bonds. The Kier molecular flexibility index (Phi) is 23.4. The van der Waals surface area contributed by atoms with Crippen molar-refractivity contribution in [1.29, 1.82) is 0 Å². The number of allylic oxidation sites excluding steroid dienone is 3. The van der Waals surface area contributed by atoms with Gasteiger partial charge in [0.05, 0.1) is 86.4 Å². The minimum Gasteiger partial charge on any atom is -0.462 e. The number of aryl methyl sites for hydroxylation is 1. The van der Waals surface area contributed by atoms with Crippen LogP contribution < -0.4 is 16.0 Å². The molecule has 0 saturated carbocycles. The number of hydrogen-bond acceptors (Lipinski definition) is 16. The standard InChI is InChI=1S/C58H85N5O14S/c1-36-27-41-12-9-37(2)45(16-15-44-29-42(64)31-50(68)76-44)51(41)47(28-36)77-56(71)58(7,8)18-17-48(66)59-19-20-72-21-22-73-23-24-74-25-26-75-34-49(67)62-53(57(4,5)6)55(70)63-33-43(65)30-46(63)54(69)60-32-39-10-13-40(14-11-39)52-38(3)61-35-78-52/h9-14,27,35-37,42-47,51,53,64-65H,15-26,28-34H2,1-8H3,(H,59,66)(H,60,69)(H,62,67)/t36-,37-,42+,43+,44+,45-,46-,47-,51-,53?/m0/s1. The first-order chi connectivity index (χ1) is 37.1. The van der Waals surface area contributed by atoms with Gasteiger partial charge in [-0.2, -0.15) is 0 Å². The van der Waals surface area contributed by atoms with E-state index in [1.165, 1.54) is 4.90 Å². The SMILES string of the molecule is Cc1ncsc1-c1ccc(CNC(=O)[C@@H]2C[C@@H](O)CN2C(=O)C(NC(=O)COCCOCCOCCOCCNC(=O)CCC(C)(C)C(=O)O[C@H]2C[C@@H](C)C=C3C=C[C@H](C)[C@H](CC[C@@H]4C[C@@H](O)CC(=O)O4)[C@H]32)C(C)(C)C)cc1. The fourth-order valence-electron chi connectivity index (χ4n) is 10.6. The van der Waals surface area contributed by atoms with Crippen molar-refractivity contribution >= 4 is 46.9 Å². The largest absolute Gasteiger partial charge is 0.462 e. The lowest BCUT2D eigenvalue weighted by Gasteiger charge is -2.44.